The van der Waals surface area contributed by atoms with Crippen molar-refractivity contribution in [3.8, 4) is 0 Å². The van der Waals surface area contributed by atoms with E-state index < -0.39 is 28.5 Å². The molecule has 7 nitrogen and oxygen atoms in total. The molecule has 0 aliphatic carbocycles. The van der Waals surface area contributed by atoms with Crippen LogP contribution in [0.3, 0.4) is 0 Å². The standard InChI is InChI=1S/C26H26N2O5S/c1-18-7-5-12-24(19(18)2)27-25(29)17-33-26(30)21-10-6-11-23(15-21)34(31,32)28-14-13-20-8-3-4-9-22(20)16-28/h3-12,15H,13-14,16-17H2,1-2H3,(H,27,29). The van der Waals surface area contributed by atoms with E-state index in [1.54, 1.807) is 6.07 Å². The van der Waals surface area contributed by atoms with Crippen molar-refractivity contribution in [2.45, 2.75) is 31.7 Å². The number of amides is 1. The number of ether oxygens (including phenoxy) is 1. The molecule has 0 atom stereocenters. The van der Waals surface area contributed by atoms with E-state index in [1.165, 1.54) is 28.6 Å². The summed E-state index contributed by atoms with van der Waals surface area (Å²) in [6.45, 7) is 4.00. The molecule has 0 radical (unpaired) electrons. The summed E-state index contributed by atoms with van der Waals surface area (Å²) < 4.78 is 33.0. The fourth-order valence-corrected chi connectivity index (χ4v) is 5.36. The third-order valence-corrected chi connectivity index (χ3v) is 7.86. The fraction of sp³-hybridized carbons (Fsp3) is 0.231. The summed E-state index contributed by atoms with van der Waals surface area (Å²) >= 11 is 0. The van der Waals surface area contributed by atoms with Crippen molar-refractivity contribution in [1.29, 1.82) is 0 Å². The van der Waals surface area contributed by atoms with Crippen LogP contribution in [-0.4, -0.2) is 37.8 Å². The van der Waals surface area contributed by atoms with Crippen molar-refractivity contribution >= 4 is 27.6 Å². The number of hydrogen-bond donors (Lipinski definition) is 1. The number of aryl methyl sites for hydroxylation is 1. The van der Waals surface area contributed by atoms with Gasteiger partial charge in [-0.05, 0) is 66.8 Å². The lowest BCUT2D eigenvalue weighted by Gasteiger charge is -2.28. The Morgan fingerprint density at radius 3 is 2.50 bits per heavy atom. The molecule has 0 saturated heterocycles. The van der Waals surface area contributed by atoms with Gasteiger partial charge in [-0.3, -0.25) is 4.79 Å². The third kappa shape index (κ3) is 5.03. The van der Waals surface area contributed by atoms with E-state index in [-0.39, 0.29) is 17.0 Å². The van der Waals surface area contributed by atoms with Crippen molar-refractivity contribution in [2.24, 2.45) is 0 Å². The molecular weight excluding hydrogens is 452 g/mol. The summed E-state index contributed by atoms with van der Waals surface area (Å²) in [4.78, 5) is 24.8. The minimum Gasteiger partial charge on any atom is -0.452 e. The number of rotatable bonds is 6. The number of benzene rings is 3. The molecular formula is C26H26N2O5S. The molecule has 1 N–H and O–H groups in total. The van der Waals surface area contributed by atoms with Crippen LogP contribution in [0.1, 0.15) is 32.6 Å². The van der Waals surface area contributed by atoms with Gasteiger partial charge in [0.15, 0.2) is 6.61 Å². The smallest absolute Gasteiger partial charge is 0.338 e. The first-order valence-electron chi connectivity index (χ1n) is 11.0. The number of carbonyl (C=O) groups is 2. The maximum Gasteiger partial charge on any atom is 0.338 e. The van der Waals surface area contributed by atoms with Crippen molar-refractivity contribution < 1.29 is 22.7 Å². The number of hydrogen-bond acceptors (Lipinski definition) is 5. The lowest BCUT2D eigenvalue weighted by atomic mass is 10.0. The number of sulfonamides is 1. The van der Waals surface area contributed by atoms with Crippen molar-refractivity contribution in [2.75, 3.05) is 18.5 Å². The highest BCUT2D eigenvalue weighted by molar-refractivity contribution is 7.89. The Balaban J connectivity index is 1.42. The number of nitrogens with one attached hydrogen (secondary N) is 1. The zero-order valence-corrected chi connectivity index (χ0v) is 19.9. The first-order valence-corrected chi connectivity index (χ1v) is 12.4. The largest absolute Gasteiger partial charge is 0.452 e. The first kappa shape index (κ1) is 23.7. The van der Waals surface area contributed by atoms with E-state index in [2.05, 4.69) is 5.32 Å². The average Bonchev–Trinajstić information content (AvgIpc) is 2.85. The van der Waals surface area contributed by atoms with Crippen LogP contribution in [0.5, 0.6) is 0 Å². The van der Waals surface area contributed by atoms with Crippen molar-refractivity contribution in [3.05, 3.63) is 94.5 Å². The molecule has 3 aromatic carbocycles. The molecule has 0 unspecified atom stereocenters. The van der Waals surface area contributed by atoms with Gasteiger partial charge in [-0.15, -0.1) is 0 Å². The molecule has 1 aliphatic rings. The van der Waals surface area contributed by atoms with Crippen LogP contribution in [0.15, 0.2) is 71.6 Å². The first-order chi connectivity index (χ1) is 16.3. The molecule has 8 heteroatoms. The normalized spacial score (nSPS) is 13.7. The lowest BCUT2D eigenvalue weighted by Crippen LogP contribution is -2.36. The SMILES string of the molecule is Cc1cccc(NC(=O)COC(=O)c2cccc(S(=O)(=O)N3CCc4ccccc4C3)c2)c1C. The lowest BCUT2D eigenvalue weighted by molar-refractivity contribution is -0.119. The third-order valence-electron chi connectivity index (χ3n) is 6.02. The monoisotopic (exact) mass is 478 g/mol. The van der Waals surface area contributed by atoms with Gasteiger partial charge in [-0.1, -0.05) is 42.5 Å². The van der Waals surface area contributed by atoms with Gasteiger partial charge in [-0.2, -0.15) is 4.31 Å². The van der Waals surface area contributed by atoms with Gasteiger partial charge in [0.05, 0.1) is 10.5 Å². The van der Waals surface area contributed by atoms with Crippen LogP contribution in [-0.2, 0) is 32.5 Å². The maximum absolute atomic E-state index is 13.2. The average molecular weight is 479 g/mol. The second-order valence-electron chi connectivity index (χ2n) is 8.26. The number of esters is 1. The van der Waals surface area contributed by atoms with Crippen LogP contribution < -0.4 is 5.32 Å². The molecule has 0 aromatic heterocycles. The van der Waals surface area contributed by atoms with E-state index in [0.717, 1.165) is 22.3 Å². The minimum absolute atomic E-state index is 0.0150. The van der Waals surface area contributed by atoms with Crippen molar-refractivity contribution in [1.82, 2.24) is 4.31 Å². The topological polar surface area (TPSA) is 92.8 Å². The quantitative estimate of drug-likeness (QED) is 0.544. The molecule has 1 amide bonds. The molecule has 1 aliphatic heterocycles. The van der Waals surface area contributed by atoms with E-state index in [9.17, 15) is 18.0 Å². The van der Waals surface area contributed by atoms with Crippen LogP contribution >= 0.6 is 0 Å². The molecule has 34 heavy (non-hydrogen) atoms. The van der Waals surface area contributed by atoms with Gasteiger partial charge >= 0.3 is 5.97 Å². The van der Waals surface area contributed by atoms with Crippen LogP contribution in [0.25, 0.3) is 0 Å². The van der Waals surface area contributed by atoms with Gasteiger partial charge in [0.1, 0.15) is 0 Å². The Labute approximate surface area is 199 Å². The van der Waals surface area contributed by atoms with Crippen molar-refractivity contribution in [3.63, 3.8) is 0 Å². The summed E-state index contributed by atoms with van der Waals surface area (Å²) in [5.74, 6) is -1.24. The van der Waals surface area contributed by atoms with Gasteiger partial charge in [0.2, 0.25) is 10.0 Å². The predicted molar refractivity (Wildman–Crippen MR) is 129 cm³/mol. The maximum atomic E-state index is 13.2. The van der Waals surface area contributed by atoms with Crippen LogP contribution in [0, 0.1) is 13.8 Å². The Kier molecular flexibility index (Phi) is 6.81. The zero-order valence-electron chi connectivity index (χ0n) is 19.1. The Morgan fingerprint density at radius 2 is 1.71 bits per heavy atom. The van der Waals surface area contributed by atoms with E-state index >= 15 is 0 Å². The fourth-order valence-electron chi connectivity index (χ4n) is 3.89. The van der Waals surface area contributed by atoms with E-state index in [4.69, 9.17) is 4.74 Å². The summed E-state index contributed by atoms with van der Waals surface area (Å²) in [7, 11) is -3.80. The molecule has 176 valence electrons. The summed E-state index contributed by atoms with van der Waals surface area (Å²) in [5, 5.41) is 2.73. The minimum atomic E-state index is -3.80. The van der Waals surface area contributed by atoms with Gasteiger partial charge in [-0.25, -0.2) is 13.2 Å². The zero-order chi connectivity index (χ0) is 24.3. The molecule has 0 saturated carbocycles. The second-order valence-corrected chi connectivity index (χ2v) is 10.2. The Bertz CT molecular complexity index is 1350. The number of anilines is 1. The Hall–Kier alpha value is -3.49. The van der Waals surface area contributed by atoms with E-state index in [0.29, 0.717) is 18.7 Å². The van der Waals surface area contributed by atoms with Gasteiger partial charge < -0.3 is 10.1 Å². The van der Waals surface area contributed by atoms with Gasteiger partial charge in [0, 0.05) is 18.8 Å². The molecule has 3 aromatic rings. The highest BCUT2D eigenvalue weighted by atomic mass is 32.2. The Morgan fingerprint density at radius 1 is 0.971 bits per heavy atom. The molecule has 0 fully saturated rings. The summed E-state index contributed by atoms with van der Waals surface area (Å²) in [6, 6.07) is 19.0. The molecule has 0 bridgehead atoms. The van der Waals surface area contributed by atoms with Crippen LogP contribution in [0.4, 0.5) is 5.69 Å². The van der Waals surface area contributed by atoms with Gasteiger partial charge in [0.25, 0.3) is 5.91 Å². The number of fused-ring (bicyclic) bond motifs is 1. The van der Waals surface area contributed by atoms with Crippen LogP contribution in [0.2, 0.25) is 0 Å². The van der Waals surface area contributed by atoms with E-state index in [1.807, 2.05) is 50.2 Å². The second kappa shape index (κ2) is 9.79. The summed E-state index contributed by atoms with van der Waals surface area (Å²) in [6.07, 6.45) is 0.632. The highest BCUT2D eigenvalue weighted by Gasteiger charge is 2.28. The predicted octanol–water partition coefficient (Wildman–Crippen LogP) is 3.85. The highest BCUT2D eigenvalue weighted by Crippen LogP contribution is 2.25. The number of carbonyl (C=O) groups excluding carboxylic acids is 2. The molecule has 4 rings (SSSR count). The molecule has 0 spiro atoms. The number of nitrogens with zero attached hydrogens (tertiary/aromatic N) is 1. The molecule has 1 heterocycles. The summed E-state index contributed by atoms with van der Waals surface area (Å²) in [5.41, 5.74) is 4.80.